The lowest BCUT2D eigenvalue weighted by Crippen LogP contribution is -2.57. The molecule has 0 amide bonds. The van der Waals surface area contributed by atoms with Crippen molar-refractivity contribution in [2.24, 2.45) is 16.6 Å². The molecule has 3 aromatic rings. The van der Waals surface area contributed by atoms with Crippen LogP contribution in [0.25, 0.3) is 0 Å². The fourth-order valence-electron chi connectivity index (χ4n) is 7.77. The maximum absolute atomic E-state index is 12.3. The molecule has 13 nitrogen and oxygen atoms in total. The highest BCUT2D eigenvalue weighted by atomic mass is 33.1. The summed E-state index contributed by atoms with van der Waals surface area (Å²) in [5, 5.41) is 45.2. The van der Waals surface area contributed by atoms with Gasteiger partial charge in [-0.1, -0.05) is 33.7 Å². The molecule has 6 unspecified atom stereocenters. The van der Waals surface area contributed by atoms with Gasteiger partial charge in [0.25, 0.3) is 0 Å². The number of aromatic nitrogens is 1. The van der Waals surface area contributed by atoms with E-state index in [0.717, 1.165) is 42.6 Å². The van der Waals surface area contributed by atoms with Gasteiger partial charge in [-0.3, -0.25) is 14.8 Å². The van der Waals surface area contributed by atoms with E-state index in [4.69, 9.17) is 29.8 Å². The average Bonchev–Trinajstić information content (AvgIpc) is 3.18. The van der Waals surface area contributed by atoms with Crippen molar-refractivity contribution >= 4 is 33.5 Å². The summed E-state index contributed by atoms with van der Waals surface area (Å²) in [5.41, 5.74) is 8.60. The molecule has 0 spiro atoms. The summed E-state index contributed by atoms with van der Waals surface area (Å²) >= 11 is 0. The first-order valence-electron chi connectivity index (χ1n) is 19.4. The summed E-state index contributed by atoms with van der Waals surface area (Å²) in [6, 6.07) is 12.4. The first-order valence-corrected chi connectivity index (χ1v) is 21.9. The molecule has 1 aliphatic carbocycles. The number of nitrogens with two attached hydrogens (primary N) is 1. The molecule has 56 heavy (non-hydrogen) atoms. The molecule has 2 fully saturated rings. The number of ether oxygens (including phenoxy) is 4. The van der Waals surface area contributed by atoms with Crippen molar-refractivity contribution in [3.63, 3.8) is 0 Å². The topological polar surface area (TPSA) is 198 Å². The minimum absolute atomic E-state index is 0.0474. The molecule has 1 saturated heterocycles. The molecule has 3 aliphatic rings. The van der Waals surface area contributed by atoms with Gasteiger partial charge in [-0.2, -0.15) is 0 Å². The zero-order valence-electron chi connectivity index (χ0n) is 31.8. The van der Waals surface area contributed by atoms with Gasteiger partial charge in [0.2, 0.25) is 5.75 Å². The van der Waals surface area contributed by atoms with E-state index in [-0.39, 0.29) is 65.8 Å². The summed E-state index contributed by atoms with van der Waals surface area (Å²) in [5.74, 6) is 1.34. The van der Waals surface area contributed by atoms with Gasteiger partial charge in [-0.15, -0.1) is 0 Å². The maximum Gasteiger partial charge on any atom is 0.302 e. The number of aromatic hydroxyl groups is 3. The van der Waals surface area contributed by atoms with Crippen LogP contribution >= 0.6 is 21.6 Å². The Morgan fingerprint density at radius 2 is 2.00 bits per heavy atom. The number of aliphatic imine (C=N–C) groups is 1. The number of benzene rings is 2. The second-order valence-corrected chi connectivity index (χ2v) is 17.5. The summed E-state index contributed by atoms with van der Waals surface area (Å²) in [4.78, 5) is 21.0. The number of nitrogens with one attached hydrogen (secondary N) is 1. The van der Waals surface area contributed by atoms with E-state index in [1.807, 2.05) is 24.3 Å². The van der Waals surface area contributed by atoms with E-state index in [9.17, 15) is 20.1 Å². The number of unbranched alkanes of at least 4 members (excludes halogenated alkanes) is 1. The number of hydrogen-bond donors (Lipinski definition) is 6. The van der Waals surface area contributed by atoms with E-state index in [1.165, 1.54) is 13.0 Å². The van der Waals surface area contributed by atoms with Crippen LogP contribution in [0.2, 0.25) is 0 Å². The lowest BCUT2D eigenvalue weighted by atomic mass is 9.81. The van der Waals surface area contributed by atoms with Gasteiger partial charge >= 0.3 is 5.97 Å². The maximum atomic E-state index is 12.3. The number of hydrogen-bond acceptors (Lipinski definition) is 13. The number of aliphatic hydroxyl groups excluding tert-OH is 1. The van der Waals surface area contributed by atoms with Crippen molar-refractivity contribution in [3.05, 3.63) is 71.5 Å². The Hall–Kier alpha value is -4.05. The highest BCUT2D eigenvalue weighted by molar-refractivity contribution is 8.76. The van der Waals surface area contributed by atoms with Crippen molar-refractivity contribution in [2.75, 3.05) is 31.3 Å². The van der Waals surface area contributed by atoms with E-state index < -0.39 is 12.2 Å². The molecule has 1 aromatic heterocycles. The monoisotopic (exact) mass is 810 g/mol. The number of pyridine rings is 1. The largest absolute Gasteiger partial charge is 0.504 e. The second kappa shape index (κ2) is 19.9. The van der Waals surface area contributed by atoms with E-state index in [2.05, 4.69) is 15.3 Å². The number of esters is 1. The normalized spacial score (nSPS) is 25.8. The Balaban J connectivity index is 1.24. The first kappa shape index (κ1) is 41.6. The number of carbonyl (C=O) groups is 1. The van der Waals surface area contributed by atoms with E-state index in [0.29, 0.717) is 68.1 Å². The van der Waals surface area contributed by atoms with Crippen LogP contribution in [-0.2, 0) is 27.1 Å². The fraction of sp³-hybridized carbons (Fsp3) is 0.537. The van der Waals surface area contributed by atoms with Gasteiger partial charge in [0.05, 0.1) is 24.4 Å². The highest BCUT2D eigenvalue weighted by Gasteiger charge is 2.40. The Kier molecular flexibility index (Phi) is 14.8. The van der Waals surface area contributed by atoms with Crippen LogP contribution in [-0.4, -0.2) is 92.5 Å². The molecular formula is C41H54N4O9S2. The third-order valence-corrected chi connectivity index (χ3v) is 13.2. The SMILES string of the molecule is CC(=O)OC1CC(c2cc(O)c(O)c(OCCc3cccnc3)c2)OC(C2CSSCC3(NC(N)=NCCCCO)CCCC(C3)Oc3cc(ccc3O)C2)C1. The smallest absolute Gasteiger partial charge is 0.302 e. The van der Waals surface area contributed by atoms with Gasteiger partial charge in [0, 0.05) is 69.7 Å². The van der Waals surface area contributed by atoms with Crippen molar-refractivity contribution in [1.29, 1.82) is 0 Å². The molecule has 304 valence electrons. The van der Waals surface area contributed by atoms with Gasteiger partial charge in [-0.25, -0.2) is 0 Å². The summed E-state index contributed by atoms with van der Waals surface area (Å²) < 4.78 is 25.2. The average molecular weight is 811 g/mol. The van der Waals surface area contributed by atoms with Crippen LogP contribution in [0.3, 0.4) is 0 Å². The number of aliphatic hydroxyl groups is 1. The standard InChI is InChI=1S/C41H54N4O9S2/c1-26(47)52-32-20-35(29-18-34(49)39(50)38(19-29)51-15-10-27-6-5-12-43-23-27)54-36(21-32)30-16-28-8-9-33(48)37(17-28)53-31-7-4-11-41(22-31,25-56-55-24-30)45-40(42)44-13-2-3-14-46/h5-6,8-9,12,17-19,23,30-32,35-36,46,48-50H,2-4,7,10-11,13-16,20-22,24-25H2,1H3,(H3,42,44,45). The molecule has 1 saturated carbocycles. The van der Waals surface area contributed by atoms with Crippen LogP contribution in [0.5, 0.6) is 28.7 Å². The minimum atomic E-state index is -0.572. The number of guanidine groups is 1. The molecule has 6 rings (SSSR count). The molecule has 7 N–H and O–H groups in total. The first-order chi connectivity index (χ1) is 27.1. The van der Waals surface area contributed by atoms with Gasteiger partial charge < -0.3 is 50.4 Å². The summed E-state index contributed by atoms with van der Waals surface area (Å²) in [6.07, 6.45) is 8.70. The Morgan fingerprint density at radius 3 is 2.80 bits per heavy atom. The zero-order valence-corrected chi connectivity index (χ0v) is 33.4. The van der Waals surface area contributed by atoms with Crippen LogP contribution < -0.4 is 20.5 Å². The Morgan fingerprint density at radius 1 is 1.12 bits per heavy atom. The Labute approximate surface area is 336 Å². The van der Waals surface area contributed by atoms with Gasteiger partial charge in [0.1, 0.15) is 12.2 Å². The molecule has 6 atom stereocenters. The molecule has 4 bridgehead atoms. The molecular weight excluding hydrogens is 757 g/mol. The third kappa shape index (κ3) is 11.5. The highest BCUT2D eigenvalue weighted by Crippen LogP contribution is 2.45. The number of fused-ring (bicyclic) bond motifs is 4. The predicted molar refractivity (Wildman–Crippen MR) is 217 cm³/mol. The lowest BCUT2D eigenvalue weighted by Gasteiger charge is -2.41. The van der Waals surface area contributed by atoms with E-state index >= 15 is 0 Å². The van der Waals surface area contributed by atoms with Crippen molar-refractivity contribution < 1.29 is 44.2 Å². The molecule has 3 heterocycles. The van der Waals surface area contributed by atoms with Crippen LogP contribution in [0.4, 0.5) is 0 Å². The van der Waals surface area contributed by atoms with Gasteiger partial charge in [0.15, 0.2) is 29.0 Å². The van der Waals surface area contributed by atoms with Crippen LogP contribution in [0.1, 0.15) is 81.1 Å². The van der Waals surface area contributed by atoms with Gasteiger partial charge in [-0.05, 0) is 91.5 Å². The van der Waals surface area contributed by atoms with Crippen LogP contribution in [0.15, 0.2) is 59.9 Å². The Bertz CT molecular complexity index is 1790. The zero-order chi connectivity index (χ0) is 39.5. The molecule has 0 radical (unpaired) electrons. The summed E-state index contributed by atoms with van der Waals surface area (Å²) in [7, 11) is 3.52. The third-order valence-electron chi connectivity index (χ3n) is 10.5. The quantitative estimate of drug-likeness (QED) is 0.0313. The molecule has 15 heteroatoms. The fourth-order valence-corrected chi connectivity index (χ4v) is 10.8. The number of rotatable bonds is 12. The molecule has 2 aromatic carbocycles. The lowest BCUT2D eigenvalue weighted by molar-refractivity contribution is -0.163. The number of carbonyl (C=O) groups excluding carboxylic acids is 1. The summed E-state index contributed by atoms with van der Waals surface area (Å²) in [6.45, 7) is 2.30. The van der Waals surface area contributed by atoms with Crippen molar-refractivity contribution in [1.82, 2.24) is 10.3 Å². The predicted octanol–water partition coefficient (Wildman–Crippen LogP) is 5.96. The molecule has 2 aliphatic heterocycles. The number of phenols is 3. The van der Waals surface area contributed by atoms with Crippen molar-refractivity contribution in [3.8, 4) is 28.7 Å². The van der Waals surface area contributed by atoms with Crippen molar-refractivity contribution in [2.45, 2.75) is 101 Å². The van der Waals surface area contributed by atoms with Crippen LogP contribution in [0, 0.1) is 5.92 Å². The van der Waals surface area contributed by atoms with E-state index in [1.54, 1.807) is 46.1 Å². The second-order valence-electron chi connectivity index (χ2n) is 15.0. The number of nitrogens with zero attached hydrogens (tertiary/aromatic N) is 2. The minimum Gasteiger partial charge on any atom is -0.504 e. The number of phenolic OH excluding ortho intramolecular Hbond substituents is 3.